The molecule has 1 saturated carbocycles. The minimum Gasteiger partial charge on any atom is -0.462 e. The van der Waals surface area contributed by atoms with Gasteiger partial charge < -0.3 is 9.84 Å². The molecule has 100 valence electrons. The molecule has 0 aromatic rings. The molecule has 3 heteroatoms. The number of rotatable bonds is 5. The fourth-order valence-electron chi connectivity index (χ4n) is 2.23. The summed E-state index contributed by atoms with van der Waals surface area (Å²) in [4.78, 5) is 11.9. The number of carbonyl (C=O) groups is 1. The van der Waals surface area contributed by atoms with Crippen LogP contribution in [-0.4, -0.2) is 23.3 Å². The molecule has 0 amide bonds. The molecule has 3 nitrogen and oxygen atoms in total. The molecule has 1 unspecified atom stereocenters. The van der Waals surface area contributed by atoms with Crippen LogP contribution < -0.4 is 0 Å². The summed E-state index contributed by atoms with van der Waals surface area (Å²) in [5.41, 5.74) is 0. The Hall–Kier alpha value is -0.570. The van der Waals surface area contributed by atoms with Crippen molar-refractivity contribution in [1.82, 2.24) is 0 Å². The number of carbonyl (C=O) groups excluding carboxylic acids is 1. The SMILES string of the molecule is CC(C)CCC(C)OC(=O)C1CCC(O)CC1. The zero-order valence-electron chi connectivity index (χ0n) is 11.3. The molecule has 0 radical (unpaired) electrons. The Bertz CT molecular complexity index is 230. The summed E-state index contributed by atoms with van der Waals surface area (Å²) in [5.74, 6) is 0.606. The van der Waals surface area contributed by atoms with E-state index in [1.807, 2.05) is 6.92 Å². The molecule has 0 aliphatic heterocycles. The minimum atomic E-state index is -0.211. The van der Waals surface area contributed by atoms with Gasteiger partial charge in [0.25, 0.3) is 0 Å². The molecule has 1 atom stereocenters. The Morgan fingerprint density at radius 1 is 1.18 bits per heavy atom. The lowest BCUT2D eigenvalue weighted by atomic mass is 9.87. The molecule has 17 heavy (non-hydrogen) atoms. The van der Waals surface area contributed by atoms with Gasteiger partial charge >= 0.3 is 5.97 Å². The number of esters is 1. The first-order valence-corrected chi connectivity index (χ1v) is 6.87. The topological polar surface area (TPSA) is 46.5 Å². The fraction of sp³-hybridized carbons (Fsp3) is 0.929. The van der Waals surface area contributed by atoms with Gasteiger partial charge in [-0.2, -0.15) is 0 Å². The highest BCUT2D eigenvalue weighted by Crippen LogP contribution is 2.26. The zero-order chi connectivity index (χ0) is 12.8. The second-order valence-corrected chi connectivity index (χ2v) is 5.72. The molecule has 1 aliphatic carbocycles. The maximum atomic E-state index is 11.9. The second-order valence-electron chi connectivity index (χ2n) is 5.72. The van der Waals surface area contributed by atoms with Crippen molar-refractivity contribution in [2.75, 3.05) is 0 Å². The Labute approximate surface area is 105 Å². The number of hydrogen-bond acceptors (Lipinski definition) is 3. The molecule has 1 aliphatic rings. The lowest BCUT2D eigenvalue weighted by Gasteiger charge is -2.25. The largest absolute Gasteiger partial charge is 0.462 e. The predicted octanol–water partition coefficient (Wildman–Crippen LogP) is 2.91. The molecular formula is C14H26O3. The van der Waals surface area contributed by atoms with Crippen LogP contribution in [0.4, 0.5) is 0 Å². The van der Waals surface area contributed by atoms with Gasteiger partial charge in [-0.1, -0.05) is 13.8 Å². The van der Waals surface area contributed by atoms with Crippen LogP contribution in [0.2, 0.25) is 0 Å². The molecule has 0 spiro atoms. The Morgan fingerprint density at radius 3 is 2.29 bits per heavy atom. The molecule has 0 heterocycles. The van der Waals surface area contributed by atoms with Crippen LogP contribution >= 0.6 is 0 Å². The van der Waals surface area contributed by atoms with E-state index in [0.717, 1.165) is 38.5 Å². The third-order valence-corrected chi connectivity index (χ3v) is 3.50. The molecule has 1 fully saturated rings. The van der Waals surface area contributed by atoms with Gasteiger partial charge in [0.2, 0.25) is 0 Å². The first kappa shape index (κ1) is 14.5. The first-order chi connectivity index (χ1) is 7.99. The summed E-state index contributed by atoms with van der Waals surface area (Å²) in [6.07, 6.45) is 4.87. The van der Waals surface area contributed by atoms with Crippen LogP contribution in [-0.2, 0) is 9.53 Å². The zero-order valence-corrected chi connectivity index (χ0v) is 11.3. The van der Waals surface area contributed by atoms with Crippen molar-refractivity contribution in [2.45, 2.75) is 71.5 Å². The third kappa shape index (κ3) is 5.53. The summed E-state index contributed by atoms with van der Waals surface area (Å²) in [6, 6.07) is 0. The van der Waals surface area contributed by atoms with Crippen molar-refractivity contribution < 1.29 is 14.6 Å². The Kier molecular flexibility index (Phi) is 5.96. The fourth-order valence-corrected chi connectivity index (χ4v) is 2.23. The minimum absolute atomic E-state index is 0.0138. The Morgan fingerprint density at radius 2 is 1.76 bits per heavy atom. The first-order valence-electron chi connectivity index (χ1n) is 6.87. The van der Waals surface area contributed by atoms with E-state index in [4.69, 9.17) is 4.74 Å². The van der Waals surface area contributed by atoms with E-state index in [0.29, 0.717) is 5.92 Å². The predicted molar refractivity (Wildman–Crippen MR) is 67.6 cm³/mol. The molecular weight excluding hydrogens is 216 g/mol. The molecule has 0 bridgehead atoms. The van der Waals surface area contributed by atoms with Crippen molar-refractivity contribution in [2.24, 2.45) is 11.8 Å². The van der Waals surface area contributed by atoms with Crippen LogP contribution in [0, 0.1) is 11.8 Å². The van der Waals surface area contributed by atoms with Gasteiger partial charge in [-0.15, -0.1) is 0 Å². The van der Waals surface area contributed by atoms with Gasteiger partial charge in [0, 0.05) is 0 Å². The van der Waals surface area contributed by atoms with Gasteiger partial charge in [0.15, 0.2) is 0 Å². The van der Waals surface area contributed by atoms with Crippen LogP contribution in [0.3, 0.4) is 0 Å². The second kappa shape index (κ2) is 7.00. The number of aliphatic hydroxyl groups excluding tert-OH is 1. The van der Waals surface area contributed by atoms with Gasteiger partial charge in [-0.05, 0) is 51.4 Å². The normalized spacial score (nSPS) is 26.9. The average molecular weight is 242 g/mol. The van der Waals surface area contributed by atoms with Crippen molar-refractivity contribution >= 4 is 5.97 Å². The smallest absolute Gasteiger partial charge is 0.309 e. The number of ether oxygens (including phenoxy) is 1. The number of aliphatic hydroxyl groups is 1. The number of hydrogen-bond donors (Lipinski definition) is 1. The molecule has 1 rings (SSSR count). The third-order valence-electron chi connectivity index (χ3n) is 3.50. The van der Waals surface area contributed by atoms with E-state index < -0.39 is 0 Å². The molecule has 0 aromatic carbocycles. The van der Waals surface area contributed by atoms with Crippen molar-refractivity contribution in [1.29, 1.82) is 0 Å². The van der Waals surface area contributed by atoms with Gasteiger partial charge in [0.1, 0.15) is 0 Å². The van der Waals surface area contributed by atoms with Crippen LogP contribution in [0.1, 0.15) is 59.3 Å². The van der Waals surface area contributed by atoms with E-state index in [1.165, 1.54) is 0 Å². The van der Waals surface area contributed by atoms with E-state index in [2.05, 4.69) is 13.8 Å². The van der Waals surface area contributed by atoms with Crippen LogP contribution in [0.5, 0.6) is 0 Å². The maximum Gasteiger partial charge on any atom is 0.309 e. The van der Waals surface area contributed by atoms with Gasteiger partial charge in [-0.25, -0.2) is 0 Å². The van der Waals surface area contributed by atoms with Crippen molar-refractivity contribution in [3.05, 3.63) is 0 Å². The Balaban J connectivity index is 2.23. The van der Waals surface area contributed by atoms with E-state index in [1.54, 1.807) is 0 Å². The van der Waals surface area contributed by atoms with Crippen LogP contribution in [0.15, 0.2) is 0 Å². The maximum absolute atomic E-state index is 11.9. The van der Waals surface area contributed by atoms with Crippen molar-refractivity contribution in [3.63, 3.8) is 0 Å². The van der Waals surface area contributed by atoms with Gasteiger partial charge in [-0.3, -0.25) is 4.79 Å². The highest BCUT2D eigenvalue weighted by atomic mass is 16.5. The van der Waals surface area contributed by atoms with E-state index >= 15 is 0 Å². The lowest BCUT2D eigenvalue weighted by molar-refractivity contribution is -0.155. The summed E-state index contributed by atoms with van der Waals surface area (Å²) < 4.78 is 5.45. The van der Waals surface area contributed by atoms with E-state index in [9.17, 15) is 9.90 Å². The molecule has 0 saturated heterocycles. The lowest BCUT2D eigenvalue weighted by Crippen LogP contribution is -2.28. The highest BCUT2D eigenvalue weighted by molar-refractivity contribution is 5.72. The van der Waals surface area contributed by atoms with E-state index in [-0.39, 0.29) is 24.1 Å². The molecule has 0 aromatic heterocycles. The van der Waals surface area contributed by atoms with Crippen LogP contribution in [0.25, 0.3) is 0 Å². The average Bonchev–Trinajstić information content (AvgIpc) is 2.27. The highest BCUT2D eigenvalue weighted by Gasteiger charge is 2.27. The summed E-state index contributed by atoms with van der Waals surface area (Å²) in [6.45, 7) is 6.33. The van der Waals surface area contributed by atoms with Crippen molar-refractivity contribution in [3.8, 4) is 0 Å². The standard InChI is InChI=1S/C14H26O3/c1-10(2)4-5-11(3)17-14(16)12-6-8-13(15)9-7-12/h10-13,15H,4-9H2,1-3H3. The monoisotopic (exact) mass is 242 g/mol. The summed E-state index contributed by atoms with van der Waals surface area (Å²) >= 11 is 0. The quantitative estimate of drug-likeness (QED) is 0.754. The van der Waals surface area contributed by atoms with Gasteiger partial charge in [0.05, 0.1) is 18.1 Å². The molecule has 1 N–H and O–H groups in total. The summed E-state index contributed by atoms with van der Waals surface area (Å²) in [7, 11) is 0. The summed E-state index contributed by atoms with van der Waals surface area (Å²) in [5, 5.41) is 9.38.